The Kier molecular flexibility index (Phi) is 3.47. The summed E-state index contributed by atoms with van der Waals surface area (Å²) in [6, 6.07) is 8.09. The molecule has 1 aromatic rings. The first-order valence-electron chi connectivity index (χ1n) is 6.76. The zero-order valence-electron chi connectivity index (χ0n) is 11.9. The van der Waals surface area contributed by atoms with Crippen LogP contribution in [0.1, 0.15) is 43.6 Å². The molecule has 1 heterocycles. The van der Waals surface area contributed by atoms with Crippen LogP contribution < -0.4 is 0 Å². The van der Waals surface area contributed by atoms with E-state index in [-0.39, 0.29) is 5.91 Å². The molecule has 1 aliphatic heterocycles. The molecule has 2 nitrogen and oxygen atoms in total. The lowest BCUT2D eigenvalue weighted by Crippen LogP contribution is -2.55. The van der Waals surface area contributed by atoms with Gasteiger partial charge in [-0.25, -0.2) is 0 Å². The Bertz CT molecular complexity index is 423. The standard InChI is InChI=1S/C16H23NO/c1-12(2)9-13-5-7-14(8-6-13)15(18)17-10-16(3,4)11-17/h5-8,12H,9-11H2,1-4H3. The number of benzene rings is 1. The fraction of sp³-hybridized carbons (Fsp3) is 0.562. The lowest BCUT2D eigenvalue weighted by Gasteiger charge is -2.45. The van der Waals surface area contributed by atoms with Crippen molar-refractivity contribution in [1.29, 1.82) is 0 Å². The number of hydrogen-bond donors (Lipinski definition) is 0. The van der Waals surface area contributed by atoms with Gasteiger partial charge in [0.25, 0.3) is 5.91 Å². The van der Waals surface area contributed by atoms with Crippen molar-refractivity contribution in [3.63, 3.8) is 0 Å². The first kappa shape index (κ1) is 13.1. The van der Waals surface area contributed by atoms with Crippen LogP contribution >= 0.6 is 0 Å². The van der Waals surface area contributed by atoms with Crippen LogP contribution in [0.15, 0.2) is 24.3 Å². The topological polar surface area (TPSA) is 20.3 Å². The minimum Gasteiger partial charge on any atom is -0.337 e. The van der Waals surface area contributed by atoms with Crippen LogP contribution in [0.25, 0.3) is 0 Å². The normalized spacial score (nSPS) is 17.7. The Morgan fingerprint density at radius 1 is 1.22 bits per heavy atom. The molecule has 0 spiro atoms. The maximum atomic E-state index is 12.2. The van der Waals surface area contributed by atoms with Gasteiger partial charge in [0, 0.05) is 18.7 Å². The summed E-state index contributed by atoms with van der Waals surface area (Å²) in [7, 11) is 0. The average molecular weight is 245 g/mol. The SMILES string of the molecule is CC(C)Cc1ccc(C(=O)N2CC(C)(C)C2)cc1. The van der Waals surface area contributed by atoms with Crippen molar-refractivity contribution in [2.24, 2.45) is 11.3 Å². The van der Waals surface area contributed by atoms with E-state index in [1.54, 1.807) is 0 Å². The van der Waals surface area contributed by atoms with Crippen molar-refractivity contribution in [3.8, 4) is 0 Å². The van der Waals surface area contributed by atoms with Crippen molar-refractivity contribution in [1.82, 2.24) is 4.90 Å². The lowest BCUT2D eigenvalue weighted by molar-refractivity contribution is 0.0236. The van der Waals surface area contributed by atoms with Gasteiger partial charge in [-0.05, 0) is 35.4 Å². The van der Waals surface area contributed by atoms with E-state index in [1.807, 2.05) is 17.0 Å². The van der Waals surface area contributed by atoms with E-state index in [1.165, 1.54) is 5.56 Å². The van der Waals surface area contributed by atoms with Crippen LogP contribution in [0.4, 0.5) is 0 Å². The van der Waals surface area contributed by atoms with Crippen LogP contribution in [0.2, 0.25) is 0 Å². The van der Waals surface area contributed by atoms with Gasteiger partial charge in [0.1, 0.15) is 0 Å². The third kappa shape index (κ3) is 2.92. The molecule has 2 rings (SSSR count). The van der Waals surface area contributed by atoms with Crippen LogP contribution in [-0.4, -0.2) is 23.9 Å². The van der Waals surface area contributed by atoms with Gasteiger partial charge in [0.15, 0.2) is 0 Å². The monoisotopic (exact) mass is 245 g/mol. The Balaban J connectivity index is 1.99. The predicted molar refractivity (Wildman–Crippen MR) is 74.7 cm³/mol. The number of nitrogens with zero attached hydrogens (tertiary/aromatic N) is 1. The highest BCUT2D eigenvalue weighted by Gasteiger charge is 2.37. The molecular formula is C16H23NO. The van der Waals surface area contributed by atoms with E-state index < -0.39 is 0 Å². The molecule has 0 aliphatic carbocycles. The highest BCUT2D eigenvalue weighted by Crippen LogP contribution is 2.29. The van der Waals surface area contributed by atoms with E-state index in [0.717, 1.165) is 25.1 Å². The van der Waals surface area contributed by atoms with Crippen LogP contribution in [0.5, 0.6) is 0 Å². The summed E-state index contributed by atoms with van der Waals surface area (Å²) in [4.78, 5) is 14.1. The van der Waals surface area contributed by atoms with Gasteiger partial charge in [-0.3, -0.25) is 4.79 Å². The molecule has 1 aliphatic rings. The second-order valence-corrected chi connectivity index (χ2v) is 6.62. The molecule has 98 valence electrons. The number of amides is 1. The Hall–Kier alpha value is -1.31. The molecule has 0 unspecified atom stereocenters. The van der Waals surface area contributed by atoms with Gasteiger partial charge >= 0.3 is 0 Å². The number of carbonyl (C=O) groups is 1. The van der Waals surface area contributed by atoms with Gasteiger partial charge in [-0.1, -0.05) is 39.8 Å². The zero-order valence-corrected chi connectivity index (χ0v) is 11.9. The molecule has 0 saturated carbocycles. The van der Waals surface area contributed by atoms with Crippen molar-refractivity contribution in [2.45, 2.75) is 34.1 Å². The largest absolute Gasteiger partial charge is 0.337 e. The Labute approximate surface area is 110 Å². The van der Waals surface area contributed by atoms with Gasteiger partial charge in [-0.15, -0.1) is 0 Å². The second-order valence-electron chi connectivity index (χ2n) is 6.62. The molecule has 1 amide bonds. The van der Waals surface area contributed by atoms with Crippen molar-refractivity contribution < 1.29 is 4.79 Å². The first-order valence-corrected chi connectivity index (χ1v) is 6.76. The Morgan fingerprint density at radius 3 is 2.22 bits per heavy atom. The van der Waals surface area contributed by atoms with Gasteiger partial charge < -0.3 is 4.90 Å². The van der Waals surface area contributed by atoms with Gasteiger partial charge in [-0.2, -0.15) is 0 Å². The molecule has 0 bridgehead atoms. The quantitative estimate of drug-likeness (QED) is 0.799. The molecule has 0 radical (unpaired) electrons. The molecular weight excluding hydrogens is 222 g/mol. The Morgan fingerprint density at radius 2 is 1.78 bits per heavy atom. The number of rotatable bonds is 3. The third-order valence-corrected chi connectivity index (χ3v) is 3.37. The summed E-state index contributed by atoms with van der Waals surface area (Å²) < 4.78 is 0. The summed E-state index contributed by atoms with van der Waals surface area (Å²) >= 11 is 0. The first-order chi connectivity index (χ1) is 8.37. The van der Waals surface area contributed by atoms with Crippen molar-refractivity contribution in [2.75, 3.05) is 13.1 Å². The predicted octanol–water partition coefficient (Wildman–Crippen LogP) is 3.37. The van der Waals surface area contributed by atoms with Crippen LogP contribution in [0, 0.1) is 11.3 Å². The number of likely N-dealkylation sites (tertiary alicyclic amines) is 1. The van der Waals surface area contributed by atoms with E-state index in [4.69, 9.17) is 0 Å². The molecule has 0 aromatic heterocycles. The highest BCUT2D eigenvalue weighted by molar-refractivity contribution is 5.94. The second kappa shape index (κ2) is 4.75. The molecule has 1 aromatic carbocycles. The maximum absolute atomic E-state index is 12.2. The van der Waals surface area contributed by atoms with Crippen LogP contribution in [-0.2, 0) is 6.42 Å². The minimum absolute atomic E-state index is 0.172. The molecule has 1 saturated heterocycles. The molecule has 0 N–H and O–H groups in total. The number of carbonyl (C=O) groups excluding carboxylic acids is 1. The average Bonchev–Trinajstić information content (AvgIpc) is 2.25. The number of hydrogen-bond acceptors (Lipinski definition) is 1. The lowest BCUT2D eigenvalue weighted by atomic mass is 9.84. The van der Waals surface area contributed by atoms with Crippen LogP contribution in [0.3, 0.4) is 0 Å². The molecule has 18 heavy (non-hydrogen) atoms. The maximum Gasteiger partial charge on any atom is 0.253 e. The van der Waals surface area contributed by atoms with E-state index in [0.29, 0.717) is 11.3 Å². The summed E-state index contributed by atoms with van der Waals surface area (Å²) in [5, 5.41) is 0. The molecule has 0 atom stereocenters. The molecule has 1 fully saturated rings. The smallest absolute Gasteiger partial charge is 0.253 e. The summed E-state index contributed by atoms with van der Waals surface area (Å²) in [5.74, 6) is 0.827. The van der Waals surface area contributed by atoms with E-state index in [2.05, 4.69) is 39.8 Å². The highest BCUT2D eigenvalue weighted by atomic mass is 16.2. The summed E-state index contributed by atoms with van der Waals surface area (Å²) in [6.45, 7) is 10.6. The van der Waals surface area contributed by atoms with Crippen molar-refractivity contribution >= 4 is 5.91 Å². The zero-order chi connectivity index (χ0) is 13.3. The van der Waals surface area contributed by atoms with Gasteiger partial charge in [0.05, 0.1) is 0 Å². The third-order valence-electron chi connectivity index (χ3n) is 3.37. The fourth-order valence-corrected chi connectivity index (χ4v) is 2.57. The van der Waals surface area contributed by atoms with Crippen molar-refractivity contribution in [3.05, 3.63) is 35.4 Å². The molecule has 2 heteroatoms. The summed E-state index contributed by atoms with van der Waals surface area (Å²) in [5.41, 5.74) is 2.43. The van der Waals surface area contributed by atoms with Gasteiger partial charge in [0.2, 0.25) is 0 Å². The van der Waals surface area contributed by atoms with E-state index in [9.17, 15) is 4.79 Å². The van der Waals surface area contributed by atoms with E-state index >= 15 is 0 Å². The minimum atomic E-state index is 0.172. The summed E-state index contributed by atoms with van der Waals surface area (Å²) in [6.07, 6.45) is 1.07. The fourth-order valence-electron chi connectivity index (χ4n) is 2.57.